The molecule has 1 amide bonds. The molecule has 4 nitrogen and oxygen atoms in total. The molecule has 5 rings (SSSR count). The van der Waals surface area contributed by atoms with Gasteiger partial charge >= 0.3 is 0 Å². The monoisotopic (exact) mass is 481 g/mol. The van der Waals surface area contributed by atoms with Gasteiger partial charge in [-0.15, -0.1) is 0 Å². The lowest BCUT2D eigenvalue weighted by Gasteiger charge is -2.11. The molecule has 0 aliphatic rings. The number of benzene rings is 3. The second kappa shape index (κ2) is 10.6. The highest BCUT2D eigenvalue weighted by Crippen LogP contribution is 2.34. The molecule has 2 aromatic heterocycles. The zero-order chi connectivity index (χ0) is 24.0. The maximum atomic E-state index is 14.0. The number of para-hydroxylation sites is 1. The first-order chi connectivity index (χ1) is 17.2. The van der Waals surface area contributed by atoms with Crippen LogP contribution in [0.15, 0.2) is 107 Å². The van der Waals surface area contributed by atoms with Gasteiger partial charge in [0.05, 0.1) is 17.1 Å². The fraction of sp³-hybridized carbons (Fsp3) is 0.103. The molecule has 3 aromatic carbocycles. The van der Waals surface area contributed by atoms with Crippen LogP contribution >= 0.6 is 11.8 Å². The lowest BCUT2D eigenvalue weighted by Crippen LogP contribution is -2.12. The molecule has 0 spiro atoms. The third-order valence-electron chi connectivity index (χ3n) is 5.75. The number of H-pyrrole nitrogens is 1. The standard InChI is InChI=1S/C29H24FN3OS/c30-20-16-17-24-23(19-20)22(29(33-24)26-13-6-7-18-31-26)11-8-15-28(34)32-25-12-4-5-14-27(25)35-21-9-2-1-3-10-21/h1-7,9-10,12-14,16-19,33H,8,11,15H2,(H,32,34). The van der Waals surface area contributed by atoms with Gasteiger partial charge in [-0.25, -0.2) is 4.39 Å². The van der Waals surface area contributed by atoms with Crippen molar-refractivity contribution < 1.29 is 9.18 Å². The number of nitrogens with zero attached hydrogens (tertiary/aromatic N) is 1. The number of aryl methyl sites for hydroxylation is 1. The molecule has 0 saturated heterocycles. The van der Waals surface area contributed by atoms with Crippen LogP contribution in [0.3, 0.4) is 0 Å². The summed E-state index contributed by atoms with van der Waals surface area (Å²) in [6, 6.07) is 28.4. The van der Waals surface area contributed by atoms with Gasteiger partial charge in [0, 0.05) is 33.3 Å². The summed E-state index contributed by atoms with van der Waals surface area (Å²) in [4.78, 5) is 22.8. The van der Waals surface area contributed by atoms with Crippen molar-refractivity contribution in [1.29, 1.82) is 0 Å². The Bertz CT molecular complexity index is 1450. The SMILES string of the molecule is O=C(CCCc1c(-c2ccccn2)[nH]c2ccc(F)cc12)Nc1ccccc1Sc1ccccc1. The van der Waals surface area contributed by atoms with Gasteiger partial charge in [0.25, 0.3) is 0 Å². The van der Waals surface area contributed by atoms with E-state index in [0.717, 1.165) is 43.3 Å². The van der Waals surface area contributed by atoms with Crippen LogP contribution in [-0.4, -0.2) is 15.9 Å². The number of aromatic amines is 1. The number of aromatic nitrogens is 2. The van der Waals surface area contributed by atoms with E-state index in [2.05, 4.69) is 15.3 Å². The highest BCUT2D eigenvalue weighted by atomic mass is 32.2. The molecule has 0 aliphatic heterocycles. The van der Waals surface area contributed by atoms with E-state index in [0.29, 0.717) is 19.3 Å². The number of anilines is 1. The van der Waals surface area contributed by atoms with E-state index < -0.39 is 0 Å². The molecule has 0 atom stereocenters. The predicted molar refractivity (Wildman–Crippen MR) is 140 cm³/mol. The van der Waals surface area contributed by atoms with Gasteiger partial charge in [-0.05, 0) is 73.0 Å². The van der Waals surface area contributed by atoms with Crippen LogP contribution in [0.25, 0.3) is 22.3 Å². The first-order valence-corrected chi connectivity index (χ1v) is 12.3. The molecule has 0 saturated carbocycles. The Morgan fingerprint density at radius 1 is 0.943 bits per heavy atom. The summed E-state index contributed by atoms with van der Waals surface area (Å²) < 4.78 is 14.0. The Morgan fingerprint density at radius 2 is 1.74 bits per heavy atom. The highest BCUT2D eigenvalue weighted by molar-refractivity contribution is 7.99. The normalized spacial score (nSPS) is 11.0. The van der Waals surface area contributed by atoms with Gasteiger partial charge in [0.2, 0.25) is 5.91 Å². The van der Waals surface area contributed by atoms with Crippen LogP contribution in [0.2, 0.25) is 0 Å². The lowest BCUT2D eigenvalue weighted by atomic mass is 10.0. The molecule has 35 heavy (non-hydrogen) atoms. The Balaban J connectivity index is 1.29. The number of amides is 1. The Morgan fingerprint density at radius 3 is 2.57 bits per heavy atom. The van der Waals surface area contributed by atoms with Gasteiger partial charge in [-0.3, -0.25) is 9.78 Å². The second-order valence-corrected chi connectivity index (χ2v) is 9.31. The number of nitrogens with one attached hydrogen (secondary N) is 2. The lowest BCUT2D eigenvalue weighted by molar-refractivity contribution is -0.116. The minimum absolute atomic E-state index is 0.0449. The number of fused-ring (bicyclic) bond motifs is 1. The summed E-state index contributed by atoms with van der Waals surface area (Å²) in [5.41, 5.74) is 4.31. The third-order valence-corrected chi connectivity index (χ3v) is 6.84. The molecular formula is C29H24FN3OS. The van der Waals surface area contributed by atoms with Crippen LogP contribution < -0.4 is 5.32 Å². The Labute approximate surface area is 207 Å². The smallest absolute Gasteiger partial charge is 0.224 e. The summed E-state index contributed by atoms with van der Waals surface area (Å²) in [7, 11) is 0. The number of halogens is 1. The molecule has 5 aromatic rings. The van der Waals surface area contributed by atoms with E-state index in [1.165, 1.54) is 6.07 Å². The van der Waals surface area contributed by atoms with E-state index in [-0.39, 0.29) is 11.7 Å². The zero-order valence-corrected chi connectivity index (χ0v) is 19.8. The maximum Gasteiger partial charge on any atom is 0.224 e. The third kappa shape index (κ3) is 5.44. The van der Waals surface area contributed by atoms with Crippen molar-refractivity contribution in [3.05, 3.63) is 109 Å². The second-order valence-electron chi connectivity index (χ2n) is 8.20. The first kappa shape index (κ1) is 22.9. The molecule has 2 heterocycles. The quantitative estimate of drug-likeness (QED) is 0.241. The van der Waals surface area contributed by atoms with Crippen molar-refractivity contribution in [2.24, 2.45) is 0 Å². The maximum absolute atomic E-state index is 14.0. The summed E-state index contributed by atoms with van der Waals surface area (Å²) in [5.74, 6) is -0.327. The predicted octanol–water partition coefficient (Wildman–Crippen LogP) is 7.48. The van der Waals surface area contributed by atoms with Crippen molar-refractivity contribution >= 4 is 34.3 Å². The van der Waals surface area contributed by atoms with Crippen LogP contribution in [0.4, 0.5) is 10.1 Å². The van der Waals surface area contributed by atoms with Crippen LogP contribution in [0.1, 0.15) is 18.4 Å². The van der Waals surface area contributed by atoms with Crippen molar-refractivity contribution in [3.8, 4) is 11.4 Å². The van der Waals surface area contributed by atoms with Gasteiger partial charge < -0.3 is 10.3 Å². The van der Waals surface area contributed by atoms with E-state index in [1.54, 1.807) is 30.1 Å². The fourth-order valence-electron chi connectivity index (χ4n) is 4.12. The van der Waals surface area contributed by atoms with Gasteiger partial charge in [0.1, 0.15) is 5.82 Å². The van der Waals surface area contributed by atoms with Crippen molar-refractivity contribution in [2.45, 2.75) is 29.1 Å². The molecule has 0 aliphatic carbocycles. The van der Waals surface area contributed by atoms with Crippen LogP contribution in [-0.2, 0) is 11.2 Å². The first-order valence-electron chi connectivity index (χ1n) is 11.5. The van der Waals surface area contributed by atoms with Crippen molar-refractivity contribution in [2.75, 3.05) is 5.32 Å². The van der Waals surface area contributed by atoms with E-state index >= 15 is 0 Å². The van der Waals surface area contributed by atoms with E-state index in [4.69, 9.17) is 0 Å². The van der Waals surface area contributed by atoms with Crippen molar-refractivity contribution in [1.82, 2.24) is 9.97 Å². The summed E-state index contributed by atoms with van der Waals surface area (Å²) in [5, 5.41) is 3.89. The molecule has 174 valence electrons. The van der Waals surface area contributed by atoms with Crippen molar-refractivity contribution in [3.63, 3.8) is 0 Å². The summed E-state index contributed by atoms with van der Waals surface area (Å²) >= 11 is 1.62. The molecule has 6 heteroatoms. The Kier molecular flexibility index (Phi) is 6.91. The molecule has 0 unspecified atom stereocenters. The van der Waals surface area contributed by atoms with E-state index in [9.17, 15) is 9.18 Å². The minimum atomic E-state index is -0.282. The number of rotatable bonds is 8. The molecule has 2 N–H and O–H groups in total. The number of pyridine rings is 1. The number of carbonyl (C=O) groups is 1. The summed E-state index contributed by atoms with van der Waals surface area (Å²) in [6.07, 6.45) is 3.35. The largest absolute Gasteiger partial charge is 0.353 e. The van der Waals surface area contributed by atoms with E-state index in [1.807, 2.05) is 72.8 Å². The Hall–Kier alpha value is -3.90. The summed E-state index contributed by atoms with van der Waals surface area (Å²) in [6.45, 7) is 0. The zero-order valence-electron chi connectivity index (χ0n) is 19.0. The van der Waals surface area contributed by atoms with Gasteiger partial charge in [-0.1, -0.05) is 48.2 Å². The fourth-order valence-corrected chi connectivity index (χ4v) is 5.04. The molecule has 0 fully saturated rings. The average Bonchev–Trinajstić information content (AvgIpc) is 3.24. The van der Waals surface area contributed by atoms with Crippen LogP contribution in [0, 0.1) is 5.82 Å². The highest BCUT2D eigenvalue weighted by Gasteiger charge is 2.16. The van der Waals surface area contributed by atoms with Gasteiger partial charge in [0.15, 0.2) is 0 Å². The van der Waals surface area contributed by atoms with Gasteiger partial charge in [-0.2, -0.15) is 0 Å². The van der Waals surface area contributed by atoms with Crippen LogP contribution in [0.5, 0.6) is 0 Å². The molecule has 0 radical (unpaired) electrons. The number of carbonyl (C=O) groups excluding carboxylic acids is 1. The molecule has 0 bridgehead atoms. The average molecular weight is 482 g/mol. The minimum Gasteiger partial charge on any atom is -0.353 e. The molecular weight excluding hydrogens is 457 g/mol. The number of hydrogen-bond donors (Lipinski definition) is 2. The topological polar surface area (TPSA) is 57.8 Å². The number of hydrogen-bond acceptors (Lipinski definition) is 3.